The molecule has 0 heterocycles. The average Bonchev–Trinajstić information content (AvgIpc) is 2.49. The minimum atomic E-state index is -3.58. The molecule has 0 fully saturated rings. The van der Waals surface area contributed by atoms with Crippen LogP contribution in [-0.2, 0) is 10.0 Å². The highest BCUT2D eigenvalue weighted by atomic mass is 32.2. The van der Waals surface area contributed by atoms with E-state index in [0.717, 1.165) is 11.1 Å². The summed E-state index contributed by atoms with van der Waals surface area (Å²) in [5.41, 5.74) is 2.69. The van der Waals surface area contributed by atoms with Crippen LogP contribution >= 0.6 is 0 Å². The molecule has 0 unspecified atom stereocenters. The molecule has 2 aromatic rings. The third-order valence-corrected chi connectivity index (χ3v) is 5.16. The Morgan fingerprint density at radius 3 is 2.26 bits per heavy atom. The van der Waals surface area contributed by atoms with Crippen molar-refractivity contribution >= 4 is 10.0 Å². The van der Waals surface area contributed by atoms with Gasteiger partial charge in [0.15, 0.2) is 0 Å². The summed E-state index contributed by atoms with van der Waals surface area (Å²) in [7, 11) is -3.58. The number of halogens is 1. The van der Waals surface area contributed by atoms with Gasteiger partial charge in [-0.1, -0.05) is 6.07 Å². The SMILES string of the molecule is Cc1cc(C)c(S(=O)(=O)NCCOc2ccc(F)cc2)cc1C. The van der Waals surface area contributed by atoms with Crippen LogP contribution in [0.5, 0.6) is 5.75 Å². The van der Waals surface area contributed by atoms with Gasteiger partial charge in [-0.3, -0.25) is 0 Å². The lowest BCUT2D eigenvalue weighted by Gasteiger charge is -2.12. The van der Waals surface area contributed by atoms with Crippen LogP contribution in [0.4, 0.5) is 4.39 Å². The number of ether oxygens (including phenoxy) is 1. The summed E-state index contributed by atoms with van der Waals surface area (Å²) < 4.78 is 45.4. The molecule has 2 aromatic carbocycles. The van der Waals surface area contributed by atoms with Gasteiger partial charge in [0.25, 0.3) is 0 Å². The second-order valence-corrected chi connectivity index (χ2v) is 7.14. The fraction of sp³-hybridized carbons (Fsp3) is 0.294. The fourth-order valence-corrected chi connectivity index (χ4v) is 3.50. The molecule has 0 bridgehead atoms. The predicted molar refractivity (Wildman–Crippen MR) is 87.7 cm³/mol. The van der Waals surface area contributed by atoms with E-state index in [1.165, 1.54) is 24.3 Å². The third kappa shape index (κ3) is 4.53. The summed E-state index contributed by atoms with van der Waals surface area (Å²) in [5.74, 6) is 0.149. The fourth-order valence-electron chi connectivity index (χ4n) is 2.18. The Bertz CT molecular complexity index is 786. The van der Waals surface area contributed by atoms with E-state index in [4.69, 9.17) is 4.74 Å². The van der Waals surface area contributed by atoms with E-state index in [0.29, 0.717) is 11.3 Å². The first-order valence-electron chi connectivity index (χ1n) is 7.25. The van der Waals surface area contributed by atoms with Gasteiger partial charge in [0.2, 0.25) is 10.0 Å². The van der Waals surface area contributed by atoms with Crippen molar-refractivity contribution < 1.29 is 17.5 Å². The predicted octanol–water partition coefficient (Wildman–Crippen LogP) is 3.11. The average molecular weight is 337 g/mol. The first-order chi connectivity index (χ1) is 10.8. The maximum absolute atomic E-state index is 12.8. The molecule has 1 N–H and O–H groups in total. The van der Waals surface area contributed by atoms with Crippen molar-refractivity contribution in [2.75, 3.05) is 13.2 Å². The zero-order valence-electron chi connectivity index (χ0n) is 13.4. The Balaban J connectivity index is 1.96. The zero-order valence-corrected chi connectivity index (χ0v) is 14.2. The van der Waals surface area contributed by atoms with Crippen molar-refractivity contribution in [2.45, 2.75) is 25.7 Å². The molecule has 0 aliphatic rings. The Morgan fingerprint density at radius 2 is 1.61 bits per heavy atom. The summed E-state index contributed by atoms with van der Waals surface area (Å²) in [5, 5.41) is 0. The van der Waals surface area contributed by atoms with Crippen molar-refractivity contribution in [3.05, 3.63) is 58.9 Å². The molecule has 6 heteroatoms. The van der Waals surface area contributed by atoms with E-state index >= 15 is 0 Å². The molecule has 0 spiro atoms. The highest BCUT2D eigenvalue weighted by Gasteiger charge is 2.17. The molecule has 4 nitrogen and oxygen atoms in total. The molecule has 124 valence electrons. The lowest BCUT2D eigenvalue weighted by molar-refractivity contribution is 0.322. The topological polar surface area (TPSA) is 55.4 Å². The molecule has 23 heavy (non-hydrogen) atoms. The van der Waals surface area contributed by atoms with Gasteiger partial charge in [-0.25, -0.2) is 17.5 Å². The first kappa shape index (κ1) is 17.4. The number of sulfonamides is 1. The molecule has 0 aliphatic carbocycles. The normalized spacial score (nSPS) is 11.5. The summed E-state index contributed by atoms with van der Waals surface area (Å²) in [6.45, 7) is 5.89. The van der Waals surface area contributed by atoms with Crippen LogP contribution in [-0.4, -0.2) is 21.6 Å². The van der Waals surface area contributed by atoms with Crippen LogP contribution in [0.25, 0.3) is 0 Å². The Kier molecular flexibility index (Phi) is 5.38. The van der Waals surface area contributed by atoms with Crippen molar-refractivity contribution in [3.8, 4) is 5.75 Å². The van der Waals surface area contributed by atoms with Gasteiger partial charge < -0.3 is 4.74 Å². The van der Waals surface area contributed by atoms with Crippen molar-refractivity contribution in [1.29, 1.82) is 0 Å². The van der Waals surface area contributed by atoms with Crippen LogP contribution in [0.2, 0.25) is 0 Å². The Labute approximate surface area is 136 Å². The molecule has 0 radical (unpaired) electrons. The number of benzene rings is 2. The lowest BCUT2D eigenvalue weighted by atomic mass is 10.1. The maximum Gasteiger partial charge on any atom is 0.240 e. The number of hydrogen-bond donors (Lipinski definition) is 1. The molecule has 0 saturated carbocycles. The summed E-state index contributed by atoms with van der Waals surface area (Å²) in [6.07, 6.45) is 0. The second kappa shape index (κ2) is 7.10. The van der Waals surface area contributed by atoms with Crippen LogP contribution in [0.3, 0.4) is 0 Å². The van der Waals surface area contributed by atoms with Crippen molar-refractivity contribution in [3.63, 3.8) is 0 Å². The van der Waals surface area contributed by atoms with E-state index in [9.17, 15) is 12.8 Å². The number of aryl methyl sites for hydroxylation is 3. The number of rotatable bonds is 6. The monoisotopic (exact) mass is 337 g/mol. The highest BCUT2D eigenvalue weighted by Crippen LogP contribution is 2.19. The minimum absolute atomic E-state index is 0.131. The van der Waals surface area contributed by atoms with E-state index in [1.54, 1.807) is 13.0 Å². The van der Waals surface area contributed by atoms with Crippen LogP contribution in [0, 0.1) is 26.6 Å². The minimum Gasteiger partial charge on any atom is -0.492 e. The van der Waals surface area contributed by atoms with E-state index in [1.807, 2.05) is 19.9 Å². The Morgan fingerprint density at radius 1 is 1.00 bits per heavy atom. The molecule has 0 atom stereocenters. The molecule has 2 rings (SSSR count). The zero-order chi connectivity index (χ0) is 17.0. The van der Waals surface area contributed by atoms with Gasteiger partial charge in [0.05, 0.1) is 4.90 Å². The number of nitrogens with one attached hydrogen (secondary N) is 1. The van der Waals surface area contributed by atoms with Crippen LogP contribution < -0.4 is 9.46 Å². The van der Waals surface area contributed by atoms with Crippen molar-refractivity contribution in [2.24, 2.45) is 0 Å². The van der Waals surface area contributed by atoms with Crippen LogP contribution in [0.15, 0.2) is 41.3 Å². The lowest BCUT2D eigenvalue weighted by Crippen LogP contribution is -2.29. The molecule has 0 saturated heterocycles. The summed E-state index contributed by atoms with van der Waals surface area (Å²) >= 11 is 0. The summed E-state index contributed by atoms with van der Waals surface area (Å²) in [4.78, 5) is 0.280. The molecular weight excluding hydrogens is 317 g/mol. The first-order valence-corrected chi connectivity index (χ1v) is 8.74. The van der Waals surface area contributed by atoms with Gasteiger partial charge in [0.1, 0.15) is 18.2 Å². The largest absolute Gasteiger partial charge is 0.492 e. The van der Waals surface area contributed by atoms with Gasteiger partial charge in [0, 0.05) is 6.54 Å². The van der Waals surface area contributed by atoms with E-state index in [-0.39, 0.29) is 23.9 Å². The Hall–Kier alpha value is -1.92. The maximum atomic E-state index is 12.8. The van der Waals surface area contributed by atoms with Gasteiger partial charge in [-0.15, -0.1) is 0 Å². The summed E-state index contributed by atoms with van der Waals surface area (Å²) in [6, 6.07) is 9.11. The van der Waals surface area contributed by atoms with E-state index in [2.05, 4.69) is 4.72 Å². The van der Waals surface area contributed by atoms with Gasteiger partial charge in [-0.05, 0) is 67.8 Å². The van der Waals surface area contributed by atoms with Crippen LogP contribution in [0.1, 0.15) is 16.7 Å². The highest BCUT2D eigenvalue weighted by molar-refractivity contribution is 7.89. The van der Waals surface area contributed by atoms with Gasteiger partial charge >= 0.3 is 0 Å². The molecule has 0 aromatic heterocycles. The quantitative estimate of drug-likeness (QED) is 0.824. The standard InChI is InChI=1S/C17H20FNO3S/c1-12-10-14(3)17(11-13(12)2)23(20,21)19-8-9-22-16-6-4-15(18)5-7-16/h4-7,10-11,19H,8-9H2,1-3H3. The van der Waals surface area contributed by atoms with Gasteiger partial charge in [-0.2, -0.15) is 0 Å². The number of hydrogen-bond acceptors (Lipinski definition) is 3. The molecule has 0 aliphatic heterocycles. The third-order valence-electron chi connectivity index (χ3n) is 3.56. The molecular formula is C17H20FNO3S. The van der Waals surface area contributed by atoms with E-state index < -0.39 is 10.0 Å². The smallest absolute Gasteiger partial charge is 0.240 e. The second-order valence-electron chi connectivity index (χ2n) is 5.40. The van der Waals surface area contributed by atoms with Crippen molar-refractivity contribution in [1.82, 2.24) is 4.72 Å². The molecule has 0 amide bonds.